The quantitative estimate of drug-likeness (QED) is 0.760. The molecule has 0 saturated carbocycles. The van der Waals surface area contributed by atoms with E-state index in [1.807, 2.05) is 11.6 Å². The third-order valence-electron chi connectivity index (χ3n) is 2.69. The van der Waals surface area contributed by atoms with Crippen LogP contribution in [-0.4, -0.2) is 52.5 Å². The highest BCUT2D eigenvalue weighted by molar-refractivity contribution is 4.88. The van der Waals surface area contributed by atoms with Gasteiger partial charge in [0.1, 0.15) is 6.33 Å². The van der Waals surface area contributed by atoms with Crippen LogP contribution in [0.5, 0.6) is 0 Å². The first kappa shape index (κ1) is 11.5. The van der Waals surface area contributed by atoms with Gasteiger partial charge in [0.15, 0.2) is 5.82 Å². The van der Waals surface area contributed by atoms with Crippen LogP contribution in [0, 0.1) is 0 Å². The zero-order valence-corrected chi connectivity index (χ0v) is 9.83. The van der Waals surface area contributed by atoms with E-state index in [-0.39, 0.29) is 12.1 Å². The third kappa shape index (κ3) is 2.78. The van der Waals surface area contributed by atoms with Crippen LogP contribution in [0.4, 0.5) is 0 Å². The normalized spacial score (nSPS) is 24.6. The van der Waals surface area contributed by atoms with Crippen molar-refractivity contribution in [1.29, 1.82) is 0 Å². The standard InChI is InChI=1S/C10H19N5O/c1-8(11)10-12-7-15(13-10)6-9-5-14(2)3-4-16-9/h7-9H,3-6,11H2,1-2H3. The van der Waals surface area contributed by atoms with E-state index in [0.29, 0.717) is 5.82 Å². The van der Waals surface area contributed by atoms with Gasteiger partial charge in [-0.3, -0.25) is 0 Å². The van der Waals surface area contributed by atoms with Crippen molar-refractivity contribution in [2.45, 2.75) is 25.6 Å². The third-order valence-corrected chi connectivity index (χ3v) is 2.69. The van der Waals surface area contributed by atoms with E-state index in [1.165, 1.54) is 0 Å². The van der Waals surface area contributed by atoms with Crippen molar-refractivity contribution >= 4 is 0 Å². The maximum atomic E-state index is 5.70. The molecule has 6 nitrogen and oxygen atoms in total. The fourth-order valence-corrected chi connectivity index (χ4v) is 1.79. The molecule has 90 valence electrons. The van der Waals surface area contributed by atoms with E-state index >= 15 is 0 Å². The number of morpholine rings is 1. The molecular formula is C10H19N5O. The molecule has 0 aromatic carbocycles. The average molecular weight is 225 g/mol. The predicted octanol–water partition coefficient (Wildman–Crippen LogP) is -0.372. The number of nitrogens with zero attached hydrogens (tertiary/aromatic N) is 4. The Morgan fingerprint density at radius 3 is 3.12 bits per heavy atom. The lowest BCUT2D eigenvalue weighted by molar-refractivity contribution is -0.0291. The first-order chi connectivity index (χ1) is 7.65. The minimum Gasteiger partial charge on any atom is -0.374 e. The maximum Gasteiger partial charge on any atom is 0.166 e. The van der Waals surface area contributed by atoms with Gasteiger partial charge < -0.3 is 15.4 Å². The van der Waals surface area contributed by atoms with Crippen molar-refractivity contribution in [1.82, 2.24) is 19.7 Å². The molecule has 1 aliphatic rings. The largest absolute Gasteiger partial charge is 0.374 e. The van der Waals surface area contributed by atoms with Gasteiger partial charge in [-0.25, -0.2) is 9.67 Å². The number of rotatable bonds is 3. The molecule has 1 aromatic heterocycles. The summed E-state index contributed by atoms with van der Waals surface area (Å²) in [5.41, 5.74) is 5.70. The van der Waals surface area contributed by atoms with E-state index in [1.54, 1.807) is 6.33 Å². The van der Waals surface area contributed by atoms with E-state index in [2.05, 4.69) is 22.0 Å². The van der Waals surface area contributed by atoms with E-state index in [4.69, 9.17) is 10.5 Å². The van der Waals surface area contributed by atoms with E-state index in [9.17, 15) is 0 Å². The Kier molecular flexibility index (Phi) is 3.52. The highest BCUT2D eigenvalue weighted by Crippen LogP contribution is 2.06. The van der Waals surface area contributed by atoms with Crippen molar-refractivity contribution in [3.63, 3.8) is 0 Å². The Morgan fingerprint density at radius 2 is 2.50 bits per heavy atom. The second kappa shape index (κ2) is 4.90. The summed E-state index contributed by atoms with van der Waals surface area (Å²) in [5, 5.41) is 4.31. The summed E-state index contributed by atoms with van der Waals surface area (Å²) in [6, 6.07) is -0.115. The zero-order chi connectivity index (χ0) is 11.5. The minimum absolute atomic E-state index is 0.115. The molecule has 2 rings (SSSR count). The van der Waals surface area contributed by atoms with Gasteiger partial charge >= 0.3 is 0 Å². The summed E-state index contributed by atoms with van der Waals surface area (Å²) in [6.07, 6.45) is 1.91. The lowest BCUT2D eigenvalue weighted by Gasteiger charge is -2.29. The monoisotopic (exact) mass is 225 g/mol. The number of nitrogens with two attached hydrogens (primary N) is 1. The summed E-state index contributed by atoms with van der Waals surface area (Å²) >= 11 is 0. The lowest BCUT2D eigenvalue weighted by Crippen LogP contribution is -2.42. The molecule has 6 heteroatoms. The Bertz CT molecular complexity index is 338. The molecular weight excluding hydrogens is 206 g/mol. The molecule has 1 aliphatic heterocycles. The SMILES string of the molecule is CC(N)c1ncn(CC2CN(C)CCO2)n1. The second-order valence-electron chi connectivity index (χ2n) is 4.37. The Balaban J connectivity index is 1.92. The first-order valence-corrected chi connectivity index (χ1v) is 5.60. The number of ether oxygens (including phenoxy) is 1. The van der Waals surface area contributed by atoms with Gasteiger partial charge in [0.2, 0.25) is 0 Å². The molecule has 1 aromatic rings. The van der Waals surface area contributed by atoms with Crippen molar-refractivity contribution in [3.8, 4) is 0 Å². The van der Waals surface area contributed by atoms with Crippen LogP contribution in [0.25, 0.3) is 0 Å². The van der Waals surface area contributed by atoms with Gasteiger partial charge in [-0.05, 0) is 14.0 Å². The fourth-order valence-electron chi connectivity index (χ4n) is 1.79. The molecule has 2 atom stereocenters. The van der Waals surface area contributed by atoms with Gasteiger partial charge in [0, 0.05) is 13.1 Å². The number of hydrogen-bond acceptors (Lipinski definition) is 5. The molecule has 0 radical (unpaired) electrons. The van der Waals surface area contributed by atoms with Crippen molar-refractivity contribution in [2.75, 3.05) is 26.7 Å². The van der Waals surface area contributed by atoms with E-state index < -0.39 is 0 Å². The molecule has 0 spiro atoms. The number of aromatic nitrogens is 3. The highest BCUT2D eigenvalue weighted by atomic mass is 16.5. The minimum atomic E-state index is -0.115. The van der Waals surface area contributed by atoms with Gasteiger partial charge in [-0.1, -0.05) is 0 Å². The molecule has 2 heterocycles. The van der Waals surface area contributed by atoms with Gasteiger partial charge in [0.05, 0.1) is 25.3 Å². The topological polar surface area (TPSA) is 69.2 Å². The molecule has 1 saturated heterocycles. The fraction of sp³-hybridized carbons (Fsp3) is 0.800. The number of likely N-dealkylation sites (N-methyl/N-ethyl adjacent to an activating group) is 1. The predicted molar refractivity (Wildman–Crippen MR) is 59.9 cm³/mol. The zero-order valence-electron chi connectivity index (χ0n) is 9.83. The van der Waals surface area contributed by atoms with Crippen LogP contribution in [0.1, 0.15) is 18.8 Å². The molecule has 0 amide bonds. The molecule has 2 unspecified atom stereocenters. The second-order valence-corrected chi connectivity index (χ2v) is 4.37. The van der Waals surface area contributed by atoms with Crippen LogP contribution >= 0.6 is 0 Å². The van der Waals surface area contributed by atoms with Crippen LogP contribution < -0.4 is 5.73 Å². The lowest BCUT2D eigenvalue weighted by atomic mass is 10.3. The molecule has 16 heavy (non-hydrogen) atoms. The maximum absolute atomic E-state index is 5.70. The van der Waals surface area contributed by atoms with Gasteiger partial charge in [-0.15, -0.1) is 0 Å². The van der Waals surface area contributed by atoms with Gasteiger partial charge in [0.25, 0.3) is 0 Å². The van der Waals surface area contributed by atoms with E-state index in [0.717, 1.165) is 26.2 Å². The molecule has 2 N–H and O–H groups in total. The molecule has 0 aliphatic carbocycles. The highest BCUT2D eigenvalue weighted by Gasteiger charge is 2.18. The smallest absolute Gasteiger partial charge is 0.166 e. The summed E-state index contributed by atoms with van der Waals surface area (Å²) in [4.78, 5) is 6.42. The Hall–Kier alpha value is -0.980. The molecule has 0 bridgehead atoms. The van der Waals surface area contributed by atoms with Crippen molar-refractivity contribution < 1.29 is 4.74 Å². The van der Waals surface area contributed by atoms with Crippen LogP contribution in [0.2, 0.25) is 0 Å². The van der Waals surface area contributed by atoms with Gasteiger partial charge in [-0.2, -0.15) is 5.10 Å². The van der Waals surface area contributed by atoms with Crippen LogP contribution in [0.3, 0.4) is 0 Å². The molecule has 1 fully saturated rings. The average Bonchev–Trinajstić information content (AvgIpc) is 2.66. The van der Waals surface area contributed by atoms with Crippen LogP contribution in [-0.2, 0) is 11.3 Å². The Morgan fingerprint density at radius 1 is 1.69 bits per heavy atom. The Labute approximate surface area is 95.4 Å². The summed E-state index contributed by atoms with van der Waals surface area (Å²) < 4.78 is 7.47. The summed E-state index contributed by atoms with van der Waals surface area (Å²) in [6.45, 7) is 5.34. The summed E-state index contributed by atoms with van der Waals surface area (Å²) in [7, 11) is 2.10. The van der Waals surface area contributed by atoms with Crippen molar-refractivity contribution in [3.05, 3.63) is 12.2 Å². The summed E-state index contributed by atoms with van der Waals surface area (Å²) in [5.74, 6) is 0.684. The first-order valence-electron chi connectivity index (χ1n) is 5.60. The number of hydrogen-bond donors (Lipinski definition) is 1. The van der Waals surface area contributed by atoms with Crippen LogP contribution in [0.15, 0.2) is 6.33 Å². The van der Waals surface area contributed by atoms with Crippen molar-refractivity contribution in [2.24, 2.45) is 5.73 Å².